The zero-order valence-electron chi connectivity index (χ0n) is 15.0. The Hall–Kier alpha value is -1.97. The molecule has 6 nitrogen and oxygen atoms in total. The molecule has 0 fully saturated rings. The molecule has 0 unspecified atom stereocenters. The number of fused-ring (bicyclic) bond motifs is 1. The maximum absolute atomic E-state index is 13.1. The molecule has 1 aliphatic heterocycles. The number of anilines is 1. The minimum atomic E-state index is -3.75. The van der Waals surface area contributed by atoms with E-state index in [2.05, 4.69) is 4.72 Å². The van der Waals surface area contributed by atoms with Gasteiger partial charge in [-0.3, -0.25) is 4.72 Å². The van der Waals surface area contributed by atoms with E-state index in [1.54, 1.807) is 26.0 Å². The summed E-state index contributed by atoms with van der Waals surface area (Å²) in [7, 11) is -7.24. The summed E-state index contributed by atoms with van der Waals surface area (Å²) in [4.78, 5) is 0.0315. The summed E-state index contributed by atoms with van der Waals surface area (Å²) in [6.07, 6.45) is 0.521. The van der Waals surface area contributed by atoms with Crippen molar-refractivity contribution in [1.29, 1.82) is 0 Å². The fourth-order valence-corrected chi connectivity index (χ4v) is 4.95. The van der Waals surface area contributed by atoms with Crippen LogP contribution in [0.2, 0.25) is 0 Å². The van der Waals surface area contributed by atoms with Crippen molar-refractivity contribution in [3.05, 3.63) is 59.4 Å². The topological polar surface area (TPSA) is 83.6 Å². The van der Waals surface area contributed by atoms with Crippen LogP contribution in [0.15, 0.2) is 47.4 Å². The van der Waals surface area contributed by atoms with Crippen LogP contribution in [0.4, 0.5) is 10.1 Å². The van der Waals surface area contributed by atoms with E-state index in [-0.39, 0.29) is 11.4 Å². The van der Waals surface area contributed by atoms with Gasteiger partial charge in [-0.05, 0) is 67.8 Å². The number of nitrogens with zero attached hydrogens (tertiary/aromatic N) is 1. The fourth-order valence-electron chi connectivity index (χ4n) is 2.84. The Labute approximate surface area is 159 Å². The highest BCUT2D eigenvalue weighted by atomic mass is 32.2. The third-order valence-corrected chi connectivity index (χ3v) is 8.14. The van der Waals surface area contributed by atoms with E-state index < -0.39 is 31.1 Å². The van der Waals surface area contributed by atoms with E-state index in [0.29, 0.717) is 18.7 Å². The predicted octanol–water partition coefficient (Wildman–Crippen LogP) is 2.72. The van der Waals surface area contributed by atoms with E-state index in [0.717, 1.165) is 23.3 Å². The summed E-state index contributed by atoms with van der Waals surface area (Å²) in [5.74, 6) is -0.500. The summed E-state index contributed by atoms with van der Waals surface area (Å²) in [6.45, 7) is 3.60. The minimum Gasteiger partial charge on any atom is -0.283 e. The van der Waals surface area contributed by atoms with Gasteiger partial charge in [0.15, 0.2) is 0 Å². The second kappa shape index (κ2) is 7.21. The highest BCUT2D eigenvalue weighted by Crippen LogP contribution is 2.27. The van der Waals surface area contributed by atoms with Gasteiger partial charge in [0.2, 0.25) is 20.0 Å². The van der Waals surface area contributed by atoms with Crippen LogP contribution in [0.1, 0.15) is 25.0 Å². The van der Waals surface area contributed by atoms with Crippen molar-refractivity contribution < 1.29 is 21.2 Å². The molecule has 0 aromatic heterocycles. The summed E-state index contributed by atoms with van der Waals surface area (Å²) in [5, 5.41) is -0.580. The van der Waals surface area contributed by atoms with Crippen LogP contribution >= 0.6 is 0 Å². The molecule has 0 bridgehead atoms. The van der Waals surface area contributed by atoms with Crippen molar-refractivity contribution in [3.63, 3.8) is 0 Å². The normalized spacial score (nSPS) is 15.6. The Morgan fingerprint density at radius 1 is 1.00 bits per heavy atom. The molecule has 2 aromatic carbocycles. The van der Waals surface area contributed by atoms with Crippen molar-refractivity contribution in [1.82, 2.24) is 4.31 Å². The van der Waals surface area contributed by atoms with Gasteiger partial charge in [0, 0.05) is 18.8 Å². The van der Waals surface area contributed by atoms with Gasteiger partial charge in [0.1, 0.15) is 5.82 Å². The molecule has 3 rings (SSSR count). The highest BCUT2D eigenvalue weighted by Gasteiger charge is 2.28. The zero-order valence-corrected chi connectivity index (χ0v) is 16.6. The Balaban J connectivity index is 1.87. The van der Waals surface area contributed by atoms with Gasteiger partial charge in [-0.25, -0.2) is 21.2 Å². The summed E-state index contributed by atoms with van der Waals surface area (Å²) < 4.78 is 66.6. The van der Waals surface area contributed by atoms with Gasteiger partial charge >= 0.3 is 0 Å². The molecule has 0 atom stereocenters. The Morgan fingerprint density at radius 2 is 1.67 bits per heavy atom. The van der Waals surface area contributed by atoms with Crippen LogP contribution < -0.4 is 4.72 Å². The van der Waals surface area contributed by atoms with Gasteiger partial charge in [-0.2, -0.15) is 4.31 Å². The van der Waals surface area contributed by atoms with Crippen molar-refractivity contribution in [2.75, 3.05) is 11.3 Å². The van der Waals surface area contributed by atoms with E-state index in [1.807, 2.05) is 6.07 Å². The van der Waals surface area contributed by atoms with Crippen LogP contribution in [0.3, 0.4) is 0 Å². The standard InChI is InChI=1S/C18H21FN2O4S2/c1-13(2)26(22,23)20-17-6-3-14-9-10-21(12-15(14)11-17)27(24,25)18-7-4-16(19)5-8-18/h3-8,11,13,20H,9-10,12H2,1-2H3. The third-order valence-electron chi connectivity index (χ3n) is 4.52. The quantitative estimate of drug-likeness (QED) is 0.819. The van der Waals surface area contributed by atoms with Crippen LogP contribution in [-0.4, -0.2) is 32.9 Å². The van der Waals surface area contributed by atoms with Crippen molar-refractivity contribution in [2.24, 2.45) is 0 Å². The summed E-state index contributed by atoms with van der Waals surface area (Å²) in [6, 6.07) is 9.88. The predicted molar refractivity (Wildman–Crippen MR) is 102 cm³/mol. The molecule has 2 aromatic rings. The maximum Gasteiger partial charge on any atom is 0.243 e. The molecule has 1 N–H and O–H groups in total. The van der Waals surface area contributed by atoms with Gasteiger partial charge in [-0.1, -0.05) is 6.07 Å². The van der Waals surface area contributed by atoms with Gasteiger partial charge in [0.05, 0.1) is 10.1 Å². The monoisotopic (exact) mass is 412 g/mol. The number of sulfonamides is 2. The largest absolute Gasteiger partial charge is 0.283 e. The number of hydrogen-bond acceptors (Lipinski definition) is 4. The second-order valence-electron chi connectivity index (χ2n) is 6.72. The van der Waals surface area contributed by atoms with E-state index in [4.69, 9.17) is 0 Å². The number of hydrogen-bond donors (Lipinski definition) is 1. The van der Waals surface area contributed by atoms with Crippen LogP contribution in [0.25, 0.3) is 0 Å². The highest BCUT2D eigenvalue weighted by molar-refractivity contribution is 7.93. The first-order valence-electron chi connectivity index (χ1n) is 8.49. The molecule has 27 heavy (non-hydrogen) atoms. The molecular formula is C18H21FN2O4S2. The lowest BCUT2D eigenvalue weighted by atomic mass is 10.0. The first-order chi connectivity index (χ1) is 12.6. The molecule has 1 heterocycles. The van der Waals surface area contributed by atoms with Crippen LogP contribution in [-0.2, 0) is 33.0 Å². The number of halogens is 1. The Morgan fingerprint density at radius 3 is 2.30 bits per heavy atom. The lowest BCUT2D eigenvalue weighted by molar-refractivity contribution is 0.391. The maximum atomic E-state index is 13.1. The average Bonchev–Trinajstić information content (AvgIpc) is 2.61. The molecule has 0 aliphatic carbocycles. The van der Waals surface area contributed by atoms with Crippen molar-refractivity contribution in [2.45, 2.75) is 37.0 Å². The van der Waals surface area contributed by atoms with Crippen molar-refractivity contribution in [3.8, 4) is 0 Å². The van der Waals surface area contributed by atoms with Gasteiger partial charge in [-0.15, -0.1) is 0 Å². The van der Waals surface area contributed by atoms with E-state index >= 15 is 0 Å². The van der Waals surface area contributed by atoms with Crippen LogP contribution in [0, 0.1) is 5.82 Å². The van der Waals surface area contributed by atoms with Crippen molar-refractivity contribution >= 4 is 25.7 Å². The summed E-state index contributed by atoms with van der Waals surface area (Å²) >= 11 is 0. The number of nitrogens with one attached hydrogen (secondary N) is 1. The molecule has 0 saturated heterocycles. The smallest absolute Gasteiger partial charge is 0.243 e. The molecule has 9 heteroatoms. The minimum absolute atomic E-state index is 0.0315. The zero-order chi connectivity index (χ0) is 19.8. The second-order valence-corrected chi connectivity index (χ2v) is 10.9. The lowest BCUT2D eigenvalue weighted by Crippen LogP contribution is -2.36. The first-order valence-corrected chi connectivity index (χ1v) is 11.5. The SMILES string of the molecule is CC(C)S(=O)(=O)Nc1ccc2c(c1)CN(S(=O)(=O)c1ccc(F)cc1)CC2. The van der Waals surface area contributed by atoms with Gasteiger partial charge < -0.3 is 0 Å². The molecule has 0 spiro atoms. The number of benzene rings is 2. The van der Waals surface area contributed by atoms with E-state index in [1.165, 1.54) is 16.4 Å². The Bertz CT molecular complexity index is 1050. The fraction of sp³-hybridized carbons (Fsp3) is 0.333. The molecular weight excluding hydrogens is 391 g/mol. The molecule has 1 aliphatic rings. The Kier molecular flexibility index (Phi) is 5.29. The van der Waals surface area contributed by atoms with Crippen LogP contribution in [0.5, 0.6) is 0 Å². The third kappa shape index (κ3) is 4.15. The summed E-state index contributed by atoms with van der Waals surface area (Å²) in [5.41, 5.74) is 2.13. The first kappa shape index (κ1) is 19.8. The van der Waals surface area contributed by atoms with E-state index in [9.17, 15) is 21.2 Å². The van der Waals surface area contributed by atoms with Gasteiger partial charge in [0.25, 0.3) is 0 Å². The molecule has 0 amide bonds. The molecule has 0 saturated carbocycles. The lowest BCUT2D eigenvalue weighted by Gasteiger charge is -2.28. The molecule has 146 valence electrons. The number of rotatable bonds is 5. The molecule has 0 radical (unpaired) electrons. The average molecular weight is 413 g/mol.